The van der Waals surface area contributed by atoms with Crippen molar-refractivity contribution in [2.75, 3.05) is 19.7 Å². The van der Waals surface area contributed by atoms with Crippen LogP contribution in [0.5, 0.6) is 0 Å². The number of carbonyl (C=O) groups is 1. The number of hydrogen-bond acceptors (Lipinski definition) is 2. The summed E-state index contributed by atoms with van der Waals surface area (Å²) in [5.41, 5.74) is 1.31. The fourth-order valence-electron chi connectivity index (χ4n) is 2.42. The molecule has 1 N–H and O–H groups in total. The van der Waals surface area contributed by atoms with E-state index in [4.69, 9.17) is 16.7 Å². The topological polar surface area (TPSA) is 40.5 Å². The molecule has 1 heterocycles. The highest BCUT2D eigenvalue weighted by atomic mass is 35.5. The van der Waals surface area contributed by atoms with E-state index < -0.39 is 0 Å². The molecule has 112 valence electrons. The number of aliphatic hydroxyl groups excluding tert-OH is 1. The van der Waals surface area contributed by atoms with Crippen molar-refractivity contribution in [1.29, 1.82) is 0 Å². The van der Waals surface area contributed by atoms with Crippen molar-refractivity contribution < 1.29 is 9.90 Å². The zero-order chi connectivity index (χ0) is 15.1. The minimum absolute atomic E-state index is 0.0378. The quantitative estimate of drug-likeness (QED) is 0.853. The van der Waals surface area contributed by atoms with Crippen LogP contribution < -0.4 is 0 Å². The van der Waals surface area contributed by atoms with Crippen LogP contribution in [0.3, 0.4) is 0 Å². The van der Waals surface area contributed by atoms with E-state index in [0.717, 1.165) is 25.9 Å². The maximum atomic E-state index is 12.5. The van der Waals surface area contributed by atoms with E-state index in [2.05, 4.69) is 11.8 Å². The number of benzene rings is 1. The summed E-state index contributed by atoms with van der Waals surface area (Å²) >= 11 is 6.19. The zero-order valence-electron chi connectivity index (χ0n) is 12.1. The van der Waals surface area contributed by atoms with Gasteiger partial charge in [0.05, 0.1) is 11.6 Å². The molecule has 0 saturated carbocycles. The number of aliphatic hydroxyl groups is 1. The number of carbonyl (C=O) groups excluding carboxylic acids is 1. The summed E-state index contributed by atoms with van der Waals surface area (Å²) in [6, 6.07) is 5.25. The summed E-state index contributed by atoms with van der Waals surface area (Å²) < 4.78 is 0. The molecule has 21 heavy (non-hydrogen) atoms. The van der Waals surface area contributed by atoms with Gasteiger partial charge < -0.3 is 10.0 Å². The third kappa shape index (κ3) is 4.49. The molecule has 0 radical (unpaired) electrons. The molecule has 0 unspecified atom stereocenters. The second-order valence-corrected chi connectivity index (χ2v) is 5.58. The van der Waals surface area contributed by atoms with E-state index in [1.165, 1.54) is 12.8 Å². The Labute approximate surface area is 130 Å². The molecule has 1 amide bonds. The van der Waals surface area contributed by atoms with Crippen LogP contribution in [-0.4, -0.2) is 35.6 Å². The smallest absolute Gasteiger partial charge is 0.253 e. The van der Waals surface area contributed by atoms with Crippen molar-refractivity contribution in [1.82, 2.24) is 4.90 Å². The summed E-state index contributed by atoms with van der Waals surface area (Å²) in [4.78, 5) is 14.4. The van der Waals surface area contributed by atoms with E-state index in [1.807, 2.05) is 4.90 Å². The first-order valence-electron chi connectivity index (χ1n) is 7.41. The van der Waals surface area contributed by atoms with Crippen LogP contribution in [0.25, 0.3) is 0 Å². The van der Waals surface area contributed by atoms with Gasteiger partial charge in [-0.25, -0.2) is 0 Å². The summed E-state index contributed by atoms with van der Waals surface area (Å²) in [5.74, 6) is 5.79. The summed E-state index contributed by atoms with van der Waals surface area (Å²) in [6.07, 6.45) is 4.97. The molecule has 0 bridgehead atoms. The molecule has 4 heteroatoms. The summed E-state index contributed by atoms with van der Waals surface area (Å²) in [6.45, 7) is 1.69. The Morgan fingerprint density at radius 3 is 2.57 bits per heavy atom. The summed E-state index contributed by atoms with van der Waals surface area (Å²) in [7, 11) is 0. The van der Waals surface area contributed by atoms with Gasteiger partial charge in [0, 0.05) is 30.6 Å². The normalized spacial score (nSPS) is 15.0. The van der Waals surface area contributed by atoms with Gasteiger partial charge in [0.25, 0.3) is 5.91 Å². The van der Waals surface area contributed by atoms with E-state index >= 15 is 0 Å². The molecule has 0 aliphatic carbocycles. The molecule has 1 saturated heterocycles. The Balaban J connectivity index is 2.12. The van der Waals surface area contributed by atoms with Gasteiger partial charge in [-0.2, -0.15) is 0 Å². The Morgan fingerprint density at radius 2 is 1.95 bits per heavy atom. The van der Waals surface area contributed by atoms with Gasteiger partial charge in [-0.05, 0) is 31.0 Å². The van der Waals surface area contributed by atoms with Gasteiger partial charge >= 0.3 is 0 Å². The van der Waals surface area contributed by atoms with Gasteiger partial charge in [-0.1, -0.05) is 36.3 Å². The monoisotopic (exact) mass is 305 g/mol. The van der Waals surface area contributed by atoms with Crippen molar-refractivity contribution in [2.24, 2.45) is 0 Å². The van der Waals surface area contributed by atoms with Crippen LogP contribution in [0, 0.1) is 11.8 Å². The average Bonchev–Trinajstić information content (AvgIpc) is 2.77. The van der Waals surface area contributed by atoms with Gasteiger partial charge in [0.15, 0.2) is 0 Å². The molecule has 1 aromatic rings. The third-order valence-electron chi connectivity index (χ3n) is 3.57. The second kappa shape index (κ2) is 8.07. The van der Waals surface area contributed by atoms with Crippen molar-refractivity contribution >= 4 is 17.5 Å². The van der Waals surface area contributed by atoms with Crippen LogP contribution in [0.1, 0.15) is 48.0 Å². The molecule has 3 nitrogen and oxygen atoms in total. The number of hydrogen-bond donors (Lipinski definition) is 1. The lowest BCUT2D eigenvalue weighted by atomic mass is 10.1. The van der Waals surface area contributed by atoms with Gasteiger partial charge in [0.2, 0.25) is 0 Å². The van der Waals surface area contributed by atoms with E-state index in [1.54, 1.807) is 18.2 Å². The highest BCUT2D eigenvalue weighted by Gasteiger charge is 2.17. The largest absolute Gasteiger partial charge is 0.395 e. The number of halogens is 1. The van der Waals surface area contributed by atoms with E-state index in [-0.39, 0.29) is 12.5 Å². The van der Waals surface area contributed by atoms with E-state index in [0.29, 0.717) is 22.6 Å². The molecule has 0 atom stereocenters. The van der Waals surface area contributed by atoms with Gasteiger partial charge in [0.1, 0.15) is 0 Å². The fraction of sp³-hybridized carbons (Fsp3) is 0.471. The summed E-state index contributed by atoms with van der Waals surface area (Å²) in [5, 5.41) is 9.20. The van der Waals surface area contributed by atoms with Crippen molar-refractivity contribution in [3.8, 4) is 11.8 Å². The second-order valence-electron chi connectivity index (χ2n) is 5.18. The minimum Gasteiger partial charge on any atom is -0.395 e. The van der Waals surface area contributed by atoms with Gasteiger partial charge in [-0.15, -0.1) is 0 Å². The molecule has 1 aromatic carbocycles. The molecule has 0 spiro atoms. The number of amides is 1. The van der Waals surface area contributed by atoms with Crippen molar-refractivity contribution in [3.05, 3.63) is 34.3 Å². The van der Waals surface area contributed by atoms with Crippen LogP contribution in [-0.2, 0) is 0 Å². The van der Waals surface area contributed by atoms with Crippen LogP contribution >= 0.6 is 11.6 Å². The lowest BCUT2D eigenvalue weighted by molar-refractivity contribution is 0.0761. The Hall–Kier alpha value is -1.50. The van der Waals surface area contributed by atoms with Crippen LogP contribution in [0.15, 0.2) is 18.2 Å². The molecular formula is C17H20ClNO2. The molecule has 1 fully saturated rings. The molecule has 1 aliphatic rings. The maximum absolute atomic E-state index is 12.5. The van der Waals surface area contributed by atoms with Crippen LogP contribution in [0.2, 0.25) is 5.02 Å². The highest BCUT2D eigenvalue weighted by Crippen LogP contribution is 2.20. The predicted molar refractivity (Wildman–Crippen MR) is 84.4 cm³/mol. The third-order valence-corrected chi connectivity index (χ3v) is 3.88. The zero-order valence-corrected chi connectivity index (χ0v) is 12.8. The number of likely N-dealkylation sites (tertiary alicyclic amines) is 1. The SMILES string of the molecule is O=C(c1ccc(C#CCCO)c(Cl)c1)N1CCCCCC1. The molecular weight excluding hydrogens is 286 g/mol. The number of rotatable bonds is 2. The first-order valence-corrected chi connectivity index (χ1v) is 7.78. The molecule has 2 rings (SSSR count). The highest BCUT2D eigenvalue weighted by molar-refractivity contribution is 6.32. The lowest BCUT2D eigenvalue weighted by Gasteiger charge is -2.20. The first kappa shape index (κ1) is 15.9. The van der Waals surface area contributed by atoms with Crippen molar-refractivity contribution in [2.45, 2.75) is 32.1 Å². The maximum Gasteiger partial charge on any atom is 0.253 e. The Bertz CT molecular complexity index is 552. The number of nitrogens with zero attached hydrogens (tertiary/aromatic N) is 1. The molecule has 1 aliphatic heterocycles. The lowest BCUT2D eigenvalue weighted by Crippen LogP contribution is -2.31. The minimum atomic E-state index is 0.0378. The van der Waals surface area contributed by atoms with E-state index in [9.17, 15) is 4.79 Å². The fourth-order valence-corrected chi connectivity index (χ4v) is 2.65. The first-order chi connectivity index (χ1) is 10.2. The van der Waals surface area contributed by atoms with Crippen LogP contribution in [0.4, 0.5) is 0 Å². The van der Waals surface area contributed by atoms with Crippen molar-refractivity contribution in [3.63, 3.8) is 0 Å². The predicted octanol–water partition coefficient (Wildman–Crippen LogP) is 3.09. The van der Waals surface area contributed by atoms with Gasteiger partial charge in [-0.3, -0.25) is 4.79 Å². The Kier molecular flexibility index (Phi) is 6.10. The average molecular weight is 306 g/mol. The Morgan fingerprint density at radius 1 is 1.24 bits per heavy atom. The molecule has 0 aromatic heterocycles. The standard InChI is InChI=1S/C17H20ClNO2/c18-16-13-15(9-8-14(16)7-3-6-12-20)17(21)19-10-4-1-2-5-11-19/h8-9,13,20H,1-2,4-6,10-12H2.